The van der Waals surface area contributed by atoms with Crippen LogP contribution in [0.1, 0.15) is 0 Å². The van der Waals surface area contributed by atoms with Crippen molar-refractivity contribution in [1.29, 1.82) is 0 Å². The molecule has 0 fully saturated rings. The number of hydrogen-bond donors (Lipinski definition) is 0. The summed E-state index contributed by atoms with van der Waals surface area (Å²) in [5.41, 5.74) is 1.85. The van der Waals surface area contributed by atoms with Gasteiger partial charge in [-0.1, -0.05) is 55.1 Å². The number of benzene rings is 2. The SMILES string of the molecule is C=CCOc1nc(-c2ccccc2)nc2ccccc12. The third kappa shape index (κ3) is 2.38. The quantitative estimate of drug-likeness (QED) is 0.670. The Bertz CT molecular complexity index is 738. The Balaban J connectivity index is 2.17. The van der Waals surface area contributed by atoms with Crippen LogP contribution in [0, 0.1) is 0 Å². The first kappa shape index (κ1) is 12.4. The van der Waals surface area contributed by atoms with Crippen LogP contribution in [0.2, 0.25) is 0 Å². The van der Waals surface area contributed by atoms with Crippen molar-refractivity contribution in [2.24, 2.45) is 0 Å². The van der Waals surface area contributed by atoms with Crippen LogP contribution in [-0.4, -0.2) is 16.6 Å². The average Bonchev–Trinajstić information content (AvgIpc) is 2.53. The van der Waals surface area contributed by atoms with Crippen molar-refractivity contribution in [2.45, 2.75) is 0 Å². The van der Waals surface area contributed by atoms with Gasteiger partial charge in [-0.3, -0.25) is 0 Å². The Morgan fingerprint density at radius 2 is 1.70 bits per heavy atom. The third-order valence-corrected chi connectivity index (χ3v) is 2.94. The molecule has 1 aromatic heterocycles. The molecular formula is C17H14N2O. The number of aromatic nitrogens is 2. The van der Waals surface area contributed by atoms with Crippen molar-refractivity contribution < 1.29 is 4.74 Å². The predicted molar refractivity (Wildman–Crippen MR) is 80.7 cm³/mol. The molecule has 0 bridgehead atoms. The summed E-state index contributed by atoms with van der Waals surface area (Å²) in [7, 11) is 0. The van der Waals surface area contributed by atoms with Crippen LogP contribution in [0.3, 0.4) is 0 Å². The normalized spacial score (nSPS) is 10.4. The van der Waals surface area contributed by atoms with Crippen molar-refractivity contribution in [3.63, 3.8) is 0 Å². The lowest BCUT2D eigenvalue weighted by Crippen LogP contribution is -1.99. The fourth-order valence-electron chi connectivity index (χ4n) is 2.01. The van der Waals surface area contributed by atoms with Gasteiger partial charge in [-0.15, -0.1) is 0 Å². The van der Waals surface area contributed by atoms with Crippen LogP contribution in [-0.2, 0) is 0 Å². The second-order valence-corrected chi connectivity index (χ2v) is 4.34. The van der Waals surface area contributed by atoms with Gasteiger partial charge < -0.3 is 4.74 Å². The molecule has 0 aliphatic rings. The van der Waals surface area contributed by atoms with E-state index in [0.29, 0.717) is 18.3 Å². The lowest BCUT2D eigenvalue weighted by molar-refractivity contribution is 0.353. The van der Waals surface area contributed by atoms with Crippen LogP contribution in [0.5, 0.6) is 5.88 Å². The molecule has 0 atom stereocenters. The van der Waals surface area contributed by atoms with Gasteiger partial charge in [-0.05, 0) is 12.1 Å². The van der Waals surface area contributed by atoms with Crippen LogP contribution in [0.25, 0.3) is 22.3 Å². The monoisotopic (exact) mass is 262 g/mol. The van der Waals surface area contributed by atoms with E-state index in [-0.39, 0.29) is 0 Å². The molecule has 0 amide bonds. The minimum atomic E-state index is 0.426. The van der Waals surface area contributed by atoms with E-state index in [4.69, 9.17) is 4.74 Å². The lowest BCUT2D eigenvalue weighted by Gasteiger charge is -2.09. The molecule has 3 rings (SSSR count). The maximum absolute atomic E-state index is 5.66. The van der Waals surface area contributed by atoms with Crippen molar-refractivity contribution in [1.82, 2.24) is 9.97 Å². The molecule has 98 valence electrons. The standard InChI is InChI=1S/C17H14N2O/c1-2-12-20-17-14-10-6-7-11-15(14)18-16(19-17)13-8-4-3-5-9-13/h2-11H,1,12H2. The first-order valence-electron chi connectivity index (χ1n) is 6.44. The van der Waals surface area contributed by atoms with E-state index >= 15 is 0 Å². The number of nitrogens with zero attached hydrogens (tertiary/aromatic N) is 2. The Kier molecular flexibility index (Phi) is 3.42. The van der Waals surface area contributed by atoms with Crippen LogP contribution in [0.4, 0.5) is 0 Å². The molecule has 3 aromatic rings. The zero-order valence-corrected chi connectivity index (χ0v) is 11.0. The number of ether oxygens (including phenoxy) is 1. The maximum Gasteiger partial charge on any atom is 0.225 e. The van der Waals surface area contributed by atoms with Crippen molar-refractivity contribution in [3.8, 4) is 17.3 Å². The Labute approximate surface area is 117 Å². The molecule has 3 nitrogen and oxygen atoms in total. The Hall–Kier alpha value is -2.68. The molecule has 0 saturated heterocycles. The van der Waals surface area contributed by atoms with E-state index < -0.39 is 0 Å². The van der Waals surface area contributed by atoms with E-state index in [1.807, 2.05) is 54.6 Å². The molecule has 0 N–H and O–H groups in total. The molecular weight excluding hydrogens is 248 g/mol. The van der Waals surface area contributed by atoms with Gasteiger partial charge in [-0.25, -0.2) is 4.98 Å². The minimum absolute atomic E-state index is 0.426. The predicted octanol–water partition coefficient (Wildman–Crippen LogP) is 3.86. The van der Waals surface area contributed by atoms with Gasteiger partial charge in [0.2, 0.25) is 5.88 Å². The summed E-state index contributed by atoms with van der Waals surface area (Å²) >= 11 is 0. The van der Waals surface area contributed by atoms with E-state index in [1.54, 1.807) is 6.08 Å². The fraction of sp³-hybridized carbons (Fsp3) is 0.0588. The molecule has 1 heterocycles. The summed E-state index contributed by atoms with van der Waals surface area (Å²) in [6, 6.07) is 17.7. The Morgan fingerprint density at radius 1 is 0.950 bits per heavy atom. The molecule has 0 saturated carbocycles. The average molecular weight is 262 g/mol. The van der Waals surface area contributed by atoms with Crippen LogP contribution >= 0.6 is 0 Å². The van der Waals surface area contributed by atoms with Crippen molar-refractivity contribution >= 4 is 10.9 Å². The highest BCUT2D eigenvalue weighted by molar-refractivity contribution is 5.85. The zero-order chi connectivity index (χ0) is 13.8. The highest BCUT2D eigenvalue weighted by atomic mass is 16.5. The summed E-state index contributed by atoms with van der Waals surface area (Å²) in [6.07, 6.45) is 1.71. The van der Waals surface area contributed by atoms with Crippen molar-refractivity contribution in [2.75, 3.05) is 6.61 Å². The second-order valence-electron chi connectivity index (χ2n) is 4.34. The summed E-state index contributed by atoms with van der Waals surface area (Å²) in [5, 5.41) is 0.911. The summed E-state index contributed by atoms with van der Waals surface area (Å²) < 4.78 is 5.66. The molecule has 20 heavy (non-hydrogen) atoms. The van der Waals surface area contributed by atoms with Gasteiger partial charge in [0, 0.05) is 5.56 Å². The molecule has 0 spiro atoms. The zero-order valence-electron chi connectivity index (χ0n) is 11.0. The van der Waals surface area contributed by atoms with E-state index in [2.05, 4.69) is 16.5 Å². The van der Waals surface area contributed by atoms with Crippen LogP contribution in [0.15, 0.2) is 67.3 Å². The first-order chi connectivity index (χ1) is 9.88. The lowest BCUT2D eigenvalue weighted by atomic mass is 10.2. The third-order valence-electron chi connectivity index (χ3n) is 2.94. The van der Waals surface area contributed by atoms with Crippen molar-refractivity contribution in [3.05, 3.63) is 67.3 Å². The number of rotatable bonds is 4. The highest BCUT2D eigenvalue weighted by Crippen LogP contribution is 2.26. The summed E-state index contributed by atoms with van der Waals surface area (Å²) in [4.78, 5) is 9.12. The molecule has 2 aromatic carbocycles. The first-order valence-corrected chi connectivity index (χ1v) is 6.44. The molecule has 0 unspecified atom stereocenters. The van der Waals surface area contributed by atoms with Gasteiger partial charge in [0.25, 0.3) is 0 Å². The maximum atomic E-state index is 5.66. The Morgan fingerprint density at radius 3 is 2.50 bits per heavy atom. The van der Waals surface area contributed by atoms with Crippen LogP contribution < -0.4 is 4.74 Å². The minimum Gasteiger partial charge on any atom is -0.473 e. The number of hydrogen-bond acceptors (Lipinski definition) is 3. The second kappa shape index (κ2) is 5.53. The molecule has 3 heteroatoms. The summed E-state index contributed by atoms with van der Waals surface area (Å²) in [5.74, 6) is 1.26. The van der Waals surface area contributed by atoms with E-state index in [9.17, 15) is 0 Å². The largest absolute Gasteiger partial charge is 0.473 e. The molecule has 0 radical (unpaired) electrons. The van der Waals surface area contributed by atoms with Gasteiger partial charge in [0.15, 0.2) is 5.82 Å². The summed E-state index contributed by atoms with van der Waals surface area (Å²) in [6.45, 7) is 4.09. The molecule has 0 aliphatic heterocycles. The van der Waals surface area contributed by atoms with Gasteiger partial charge in [-0.2, -0.15) is 4.98 Å². The van der Waals surface area contributed by atoms with Gasteiger partial charge >= 0.3 is 0 Å². The van der Waals surface area contributed by atoms with Gasteiger partial charge in [0.05, 0.1) is 10.9 Å². The number of para-hydroxylation sites is 1. The van der Waals surface area contributed by atoms with Gasteiger partial charge in [0.1, 0.15) is 6.61 Å². The topological polar surface area (TPSA) is 35.0 Å². The fourth-order valence-corrected chi connectivity index (χ4v) is 2.01. The van der Waals surface area contributed by atoms with E-state index in [0.717, 1.165) is 16.5 Å². The smallest absolute Gasteiger partial charge is 0.225 e. The van der Waals surface area contributed by atoms with E-state index in [1.165, 1.54) is 0 Å². The molecule has 0 aliphatic carbocycles. The highest BCUT2D eigenvalue weighted by Gasteiger charge is 2.09. The number of fused-ring (bicyclic) bond motifs is 1.